The summed E-state index contributed by atoms with van der Waals surface area (Å²) in [6.07, 6.45) is 0. The van der Waals surface area contributed by atoms with E-state index < -0.39 is 17.2 Å². The summed E-state index contributed by atoms with van der Waals surface area (Å²) in [5, 5.41) is -0.835. The van der Waals surface area contributed by atoms with Gasteiger partial charge in [-0.2, -0.15) is 0 Å². The number of rotatable bonds is 3. The lowest BCUT2D eigenvalue weighted by Crippen LogP contribution is -2.11. The summed E-state index contributed by atoms with van der Waals surface area (Å²) in [6.45, 7) is 1.89. The fraction of sp³-hybridized carbons (Fsp3) is 0.300. The van der Waals surface area contributed by atoms with Crippen molar-refractivity contribution in [2.24, 2.45) is 0 Å². The zero-order valence-electron chi connectivity index (χ0n) is 7.97. The fourth-order valence-electron chi connectivity index (χ4n) is 1.07. The summed E-state index contributed by atoms with van der Waals surface area (Å²) in [4.78, 5) is 11.2. The van der Waals surface area contributed by atoms with E-state index in [1.807, 2.05) is 0 Å². The number of carbonyl (C=O) groups is 1. The normalized spacial score (nSPS) is 12.3. The smallest absolute Gasteiger partial charge is 0.328 e. The molecule has 1 rings (SSSR count). The van der Waals surface area contributed by atoms with Crippen molar-refractivity contribution >= 4 is 29.2 Å². The summed E-state index contributed by atoms with van der Waals surface area (Å²) in [6, 6.07) is 3.72. The van der Waals surface area contributed by atoms with Gasteiger partial charge in [0.25, 0.3) is 0 Å². The van der Waals surface area contributed by atoms with Crippen molar-refractivity contribution < 1.29 is 13.9 Å². The molecule has 82 valence electrons. The van der Waals surface area contributed by atoms with Crippen LogP contribution >= 0.6 is 23.2 Å². The number of hydrogen-bond acceptors (Lipinski definition) is 2. The molecule has 0 aromatic heterocycles. The molecule has 0 fully saturated rings. The quantitative estimate of drug-likeness (QED) is 0.608. The van der Waals surface area contributed by atoms with E-state index in [0.717, 1.165) is 12.1 Å². The van der Waals surface area contributed by atoms with Crippen LogP contribution in [0.4, 0.5) is 4.39 Å². The van der Waals surface area contributed by atoms with Gasteiger partial charge in [-0.25, -0.2) is 4.39 Å². The average molecular weight is 251 g/mol. The van der Waals surface area contributed by atoms with Gasteiger partial charge >= 0.3 is 5.97 Å². The van der Waals surface area contributed by atoms with Crippen molar-refractivity contribution in [3.8, 4) is 0 Å². The van der Waals surface area contributed by atoms with E-state index in [0.29, 0.717) is 5.56 Å². The summed E-state index contributed by atoms with van der Waals surface area (Å²) in [5.74, 6) is -1.15. The Morgan fingerprint density at radius 1 is 1.53 bits per heavy atom. The van der Waals surface area contributed by atoms with E-state index in [-0.39, 0.29) is 11.6 Å². The monoisotopic (exact) mass is 250 g/mol. The van der Waals surface area contributed by atoms with Gasteiger partial charge in [0.1, 0.15) is 5.82 Å². The highest BCUT2D eigenvalue weighted by Gasteiger charge is 2.19. The number of benzene rings is 1. The topological polar surface area (TPSA) is 26.3 Å². The molecule has 1 aromatic rings. The zero-order chi connectivity index (χ0) is 11.4. The molecule has 1 atom stereocenters. The van der Waals surface area contributed by atoms with Gasteiger partial charge in [-0.05, 0) is 30.7 Å². The minimum Gasteiger partial charge on any atom is -0.465 e. The molecule has 1 aromatic carbocycles. The molecule has 0 aliphatic carbocycles. The molecule has 5 heteroatoms. The van der Waals surface area contributed by atoms with Crippen LogP contribution in [-0.4, -0.2) is 12.6 Å². The average Bonchev–Trinajstić information content (AvgIpc) is 2.15. The molecule has 0 aliphatic rings. The maximum atomic E-state index is 12.9. The van der Waals surface area contributed by atoms with Crippen LogP contribution in [0.25, 0.3) is 0 Å². The van der Waals surface area contributed by atoms with E-state index in [1.54, 1.807) is 6.92 Å². The third-order valence-electron chi connectivity index (χ3n) is 1.67. The number of halogens is 3. The molecule has 2 nitrogen and oxygen atoms in total. The first-order valence-corrected chi connectivity index (χ1v) is 5.12. The second-order valence-corrected chi connectivity index (χ2v) is 3.69. The van der Waals surface area contributed by atoms with Crippen molar-refractivity contribution in [1.29, 1.82) is 0 Å². The first-order chi connectivity index (χ1) is 7.04. The molecule has 0 bridgehead atoms. The number of esters is 1. The van der Waals surface area contributed by atoms with Gasteiger partial charge in [0.2, 0.25) is 0 Å². The summed E-state index contributed by atoms with van der Waals surface area (Å²) in [7, 11) is 0. The Bertz CT molecular complexity index is 348. The molecular weight excluding hydrogens is 242 g/mol. The van der Waals surface area contributed by atoms with Gasteiger partial charge in [0.05, 0.1) is 6.61 Å². The van der Waals surface area contributed by atoms with Crippen LogP contribution in [0, 0.1) is 5.82 Å². The lowest BCUT2D eigenvalue weighted by Gasteiger charge is -2.09. The summed E-state index contributed by atoms with van der Waals surface area (Å²) in [5.41, 5.74) is 0.292. The Labute approximate surface area is 96.9 Å². The number of carbonyl (C=O) groups excluding carboxylic acids is 1. The van der Waals surface area contributed by atoms with Crippen molar-refractivity contribution in [2.45, 2.75) is 12.3 Å². The van der Waals surface area contributed by atoms with E-state index >= 15 is 0 Å². The summed E-state index contributed by atoms with van der Waals surface area (Å²) < 4.78 is 17.6. The highest BCUT2D eigenvalue weighted by molar-refractivity contribution is 6.32. The highest BCUT2D eigenvalue weighted by Crippen LogP contribution is 2.25. The molecule has 0 heterocycles. The Balaban J connectivity index is 2.90. The van der Waals surface area contributed by atoms with Crippen LogP contribution in [0.3, 0.4) is 0 Å². The maximum Gasteiger partial charge on any atom is 0.328 e. The van der Waals surface area contributed by atoms with Crippen molar-refractivity contribution in [1.82, 2.24) is 0 Å². The molecule has 0 N–H and O–H groups in total. The predicted octanol–water partition coefficient (Wildman–Crippen LogP) is 3.32. The minimum absolute atomic E-state index is 0.194. The third-order valence-corrected chi connectivity index (χ3v) is 2.32. The molecule has 0 amide bonds. The maximum absolute atomic E-state index is 12.9. The largest absolute Gasteiger partial charge is 0.465 e. The van der Waals surface area contributed by atoms with Gasteiger partial charge in [0, 0.05) is 5.02 Å². The number of ether oxygens (including phenoxy) is 1. The van der Waals surface area contributed by atoms with Crippen LogP contribution in [0.5, 0.6) is 0 Å². The van der Waals surface area contributed by atoms with E-state index in [2.05, 4.69) is 0 Å². The SMILES string of the molecule is CCOC(=O)C(Cl)c1cc(F)cc(Cl)c1. The highest BCUT2D eigenvalue weighted by atomic mass is 35.5. The third kappa shape index (κ3) is 3.36. The number of hydrogen-bond donors (Lipinski definition) is 0. The minimum atomic E-state index is -1.03. The van der Waals surface area contributed by atoms with Crippen LogP contribution in [0.2, 0.25) is 5.02 Å². The van der Waals surface area contributed by atoms with Crippen molar-refractivity contribution in [3.05, 3.63) is 34.6 Å². The lowest BCUT2D eigenvalue weighted by molar-refractivity contribution is -0.142. The molecule has 0 spiro atoms. The molecule has 0 aliphatic heterocycles. The van der Waals surface area contributed by atoms with Crippen LogP contribution in [-0.2, 0) is 9.53 Å². The second kappa shape index (κ2) is 5.33. The predicted molar refractivity (Wildman–Crippen MR) is 56.6 cm³/mol. The van der Waals surface area contributed by atoms with Crippen LogP contribution < -0.4 is 0 Å². The molecule has 0 saturated carbocycles. The first-order valence-electron chi connectivity index (χ1n) is 4.31. The second-order valence-electron chi connectivity index (χ2n) is 2.82. The van der Waals surface area contributed by atoms with Gasteiger partial charge in [0.15, 0.2) is 5.38 Å². The Hall–Kier alpha value is -0.800. The molecule has 0 radical (unpaired) electrons. The lowest BCUT2D eigenvalue weighted by atomic mass is 10.1. The van der Waals surface area contributed by atoms with Crippen LogP contribution in [0.15, 0.2) is 18.2 Å². The number of alkyl halides is 1. The Morgan fingerprint density at radius 2 is 2.20 bits per heavy atom. The summed E-state index contributed by atoms with van der Waals surface area (Å²) >= 11 is 11.4. The zero-order valence-corrected chi connectivity index (χ0v) is 9.48. The molecule has 15 heavy (non-hydrogen) atoms. The van der Waals surface area contributed by atoms with Gasteiger partial charge in [-0.3, -0.25) is 4.79 Å². The van der Waals surface area contributed by atoms with E-state index in [1.165, 1.54) is 6.07 Å². The van der Waals surface area contributed by atoms with Crippen LogP contribution in [0.1, 0.15) is 17.9 Å². The van der Waals surface area contributed by atoms with Gasteiger partial charge in [-0.1, -0.05) is 11.6 Å². The molecular formula is C10H9Cl2FO2. The molecule has 0 saturated heterocycles. The standard InChI is InChI=1S/C10H9Cl2FO2/c1-2-15-10(14)9(12)6-3-7(11)5-8(13)4-6/h3-5,9H,2H2,1H3. The van der Waals surface area contributed by atoms with E-state index in [4.69, 9.17) is 27.9 Å². The van der Waals surface area contributed by atoms with E-state index in [9.17, 15) is 9.18 Å². The van der Waals surface area contributed by atoms with Gasteiger partial charge in [-0.15, -0.1) is 11.6 Å². The van der Waals surface area contributed by atoms with Crippen molar-refractivity contribution in [2.75, 3.05) is 6.61 Å². The Morgan fingerprint density at radius 3 is 2.73 bits per heavy atom. The Kier molecular flexibility index (Phi) is 4.36. The van der Waals surface area contributed by atoms with Gasteiger partial charge < -0.3 is 4.74 Å². The first kappa shape index (κ1) is 12.3. The fourth-order valence-corrected chi connectivity index (χ4v) is 1.49. The van der Waals surface area contributed by atoms with Crippen molar-refractivity contribution in [3.63, 3.8) is 0 Å². The molecule has 1 unspecified atom stereocenters.